The van der Waals surface area contributed by atoms with E-state index in [1.54, 1.807) is 54.7 Å². The number of aliphatic hydroxyl groups excluding tert-OH is 1. The summed E-state index contributed by atoms with van der Waals surface area (Å²) in [5.74, 6) is -0.149. The number of hydrogen-bond donors (Lipinski definition) is 2. The molecule has 5 rings (SSSR count). The first-order chi connectivity index (χ1) is 12.7. The molecule has 4 aliphatic heterocycles. The Morgan fingerprint density at radius 3 is 2.46 bits per heavy atom. The number of H-pyrrole nitrogens is 1. The average molecular weight is 340 g/mol. The normalized spacial score (nSPS) is 20.3. The molecule has 8 bridgehead atoms. The maximum absolute atomic E-state index is 12.6. The van der Waals surface area contributed by atoms with Crippen LogP contribution in [-0.4, -0.2) is 33.0 Å². The Hall–Kier alpha value is -3.80. The minimum Gasteiger partial charge on any atom is -0.504 e. The molecule has 0 saturated carbocycles. The van der Waals surface area contributed by atoms with E-state index in [1.165, 1.54) is 0 Å². The van der Waals surface area contributed by atoms with Gasteiger partial charge in [-0.1, -0.05) is 0 Å². The molecule has 6 nitrogen and oxygen atoms in total. The fraction of sp³-hybridized carbons (Fsp3) is 0. The Balaban J connectivity index is 1.69. The zero-order valence-electron chi connectivity index (χ0n) is 13.5. The van der Waals surface area contributed by atoms with Gasteiger partial charge in [-0.15, -0.1) is 0 Å². The number of aromatic nitrogens is 1. The van der Waals surface area contributed by atoms with E-state index < -0.39 is 0 Å². The van der Waals surface area contributed by atoms with Gasteiger partial charge >= 0.3 is 0 Å². The number of ketones is 1. The third-order valence-corrected chi connectivity index (χ3v) is 4.25. The van der Waals surface area contributed by atoms with Gasteiger partial charge in [0.2, 0.25) is 5.78 Å². The third-order valence-electron chi connectivity index (χ3n) is 4.25. The second kappa shape index (κ2) is 5.35. The molecule has 0 radical (unpaired) electrons. The molecule has 0 aromatic carbocycles. The van der Waals surface area contributed by atoms with E-state index >= 15 is 0 Å². The topological polar surface area (TPSA) is 90.2 Å². The van der Waals surface area contributed by atoms with Gasteiger partial charge in [-0.2, -0.15) is 0 Å². The fourth-order valence-corrected chi connectivity index (χ4v) is 2.97. The molecule has 5 heterocycles. The van der Waals surface area contributed by atoms with Crippen molar-refractivity contribution in [1.29, 1.82) is 0 Å². The highest BCUT2D eigenvalue weighted by Crippen LogP contribution is 2.22. The number of rotatable bonds is 0. The number of aliphatic imine (C=N–C) groups is 3. The lowest BCUT2D eigenvalue weighted by molar-refractivity contribution is 0.106. The first kappa shape index (κ1) is 14.5. The number of aromatic amines is 1. The van der Waals surface area contributed by atoms with Crippen LogP contribution in [0.1, 0.15) is 16.2 Å². The Labute approximate surface area is 148 Å². The zero-order valence-corrected chi connectivity index (χ0v) is 13.5. The van der Waals surface area contributed by atoms with Crippen molar-refractivity contribution in [3.8, 4) is 0 Å². The Morgan fingerprint density at radius 1 is 0.808 bits per heavy atom. The number of nitrogens with zero attached hydrogens (tertiary/aromatic N) is 3. The zero-order chi connectivity index (χ0) is 17.7. The first-order valence-corrected chi connectivity index (χ1v) is 8.07. The van der Waals surface area contributed by atoms with Crippen molar-refractivity contribution in [1.82, 2.24) is 4.98 Å². The summed E-state index contributed by atoms with van der Waals surface area (Å²) in [7, 11) is 0. The lowest BCUT2D eigenvalue weighted by atomic mass is 10.2. The van der Waals surface area contributed by atoms with E-state index in [4.69, 9.17) is 0 Å². The molecular weight excluding hydrogens is 328 g/mol. The van der Waals surface area contributed by atoms with Gasteiger partial charge in [-0.25, -0.2) is 15.0 Å². The van der Waals surface area contributed by atoms with E-state index in [0.29, 0.717) is 39.9 Å². The van der Waals surface area contributed by atoms with Gasteiger partial charge in [0.1, 0.15) is 17.1 Å². The van der Waals surface area contributed by atoms with Crippen molar-refractivity contribution < 1.29 is 9.90 Å². The SMILES string of the molecule is O=C1C2=NC(=CC3=NC(=C(O)C4=NC(=Cc5ccc1[nH]5)C=C4)C=C3)C=C2. The summed E-state index contributed by atoms with van der Waals surface area (Å²) in [5.41, 5.74) is 4.42. The molecule has 124 valence electrons. The van der Waals surface area contributed by atoms with Crippen molar-refractivity contribution in [2.45, 2.75) is 0 Å². The van der Waals surface area contributed by atoms with Crippen LogP contribution in [0.15, 0.2) is 92.5 Å². The van der Waals surface area contributed by atoms with E-state index in [1.807, 2.05) is 6.07 Å². The monoisotopic (exact) mass is 340 g/mol. The van der Waals surface area contributed by atoms with E-state index in [9.17, 15) is 9.90 Å². The van der Waals surface area contributed by atoms with Crippen LogP contribution in [0.3, 0.4) is 0 Å². The predicted molar refractivity (Wildman–Crippen MR) is 101 cm³/mol. The quantitative estimate of drug-likeness (QED) is 0.759. The van der Waals surface area contributed by atoms with Crippen LogP contribution in [0.25, 0.3) is 6.08 Å². The lowest BCUT2D eigenvalue weighted by Crippen LogP contribution is -2.10. The summed E-state index contributed by atoms with van der Waals surface area (Å²) >= 11 is 0. The van der Waals surface area contributed by atoms with Crippen molar-refractivity contribution in [3.63, 3.8) is 0 Å². The highest BCUT2D eigenvalue weighted by atomic mass is 16.3. The number of nitrogens with one attached hydrogen (secondary N) is 1. The molecule has 1 aromatic rings. The first-order valence-electron chi connectivity index (χ1n) is 8.07. The molecule has 2 N–H and O–H groups in total. The molecule has 0 amide bonds. The van der Waals surface area contributed by atoms with Gasteiger partial charge in [0.25, 0.3) is 0 Å². The van der Waals surface area contributed by atoms with E-state index in [2.05, 4.69) is 20.0 Å². The van der Waals surface area contributed by atoms with Crippen LogP contribution in [0.4, 0.5) is 0 Å². The van der Waals surface area contributed by atoms with Gasteiger partial charge in [-0.3, -0.25) is 4.79 Å². The van der Waals surface area contributed by atoms with Crippen LogP contribution < -0.4 is 0 Å². The number of allylic oxidation sites excluding steroid dienone is 7. The summed E-state index contributed by atoms with van der Waals surface area (Å²) in [5, 5.41) is 10.5. The van der Waals surface area contributed by atoms with Gasteiger partial charge in [-0.05, 0) is 60.7 Å². The van der Waals surface area contributed by atoms with Crippen molar-refractivity contribution in [2.24, 2.45) is 15.0 Å². The Morgan fingerprint density at radius 2 is 1.58 bits per heavy atom. The number of Topliss-reactive ketones (excluding diaryl/α,β-unsaturated/α-hetero) is 1. The lowest BCUT2D eigenvalue weighted by Gasteiger charge is -1.99. The number of aliphatic hydroxyl groups is 1. The van der Waals surface area contributed by atoms with Crippen LogP contribution >= 0.6 is 0 Å². The summed E-state index contributed by atoms with van der Waals surface area (Å²) in [6.45, 7) is 0. The summed E-state index contributed by atoms with van der Waals surface area (Å²) in [6, 6.07) is 3.53. The predicted octanol–water partition coefficient (Wildman–Crippen LogP) is 3.24. The molecule has 1 aromatic heterocycles. The number of fused-ring (bicyclic) bond motifs is 5. The molecule has 0 spiro atoms. The van der Waals surface area contributed by atoms with Crippen LogP contribution in [0, 0.1) is 0 Å². The van der Waals surface area contributed by atoms with Crippen molar-refractivity contribution in [3.05, 3.63) is 88.9 Å². The number of hydrogen-bond acceptors (Lipinski definition) is 5. The highest BCUT2D eigenvalue weighted by molar-refractivity contribution is 6.50. The molecule has 0 fully saturated rings. The molecule has 0 unspecified atom stereocenters. The van der Waals surface area contributed by atoms with Crippen LogP contribution in [-0.2, 0) is 0 Å². The van der Waals surface area contributed by atoms with Crippen LogP contribution in [0.2, 0.25) is 0 Å². The minimum absolute atomic E-state index is 0.0231. The summed E-state index contributed by atoms with van der Waals surface area (Å²) in [4.78, 5) is 28.8. The molecule has 0 saturated heterocycles. The van der Waals surface area contributed by atoms with Crippen LogP contribution in [0.5, 0.6) is 0 Å². The van der Waals surface area contributed by atoms with E-state index in [0.717, 1.165) is 5.69 Å². The largest absolute Gasteiger partial charge is 0.504 e. The second-order valence-electron chi connectivity index (χ2n) is 6.06. The third kappa shape index (κ3) is 2.36. The molecule has 6 heteroatoms. The number of carbonyl (C=O) groups excluding carboxylic acids is 1. The van der Waals surface area contributed by atoms with Crippen molar-refractivity contribution in [2.75, 3.05) is 0 Å². The Bertz CT molecular complexity index is 1140. The summed E-state index contributed by atoms with van der Waals surface area (Å²) in [6.07, 6.45) is 14.1. The number of carbonyl (C=O) groups is 1. The average Bonchev–Trinajstić information content (AvgIpc) is 3.41. The van der Waals surface area contributed by atoms with Gasteiger partial charge in [0, 0.05) is 5.69 Å². The highest BCUT2D eigenvalue weighted by Gasteiger charge is 2.19. The Kier molecular flexibility index (Phi) is 2.99. The van der Waals surface area contributed by atoms with Gasteiger partial charge in [0.15, 0.2) is 5.76 Å². The maximum atomic E-state index is 12.6. The van der Waals surface area contributed by atoms with Crippen molar-refractivity contribution >= 4 is 29.0 Å². The maximum Gasteiger partial charge on any atom is 0.227 e. The molecule has 4 aliphatic rings. The smallest absolute Gasteiger partial charge is 0.227 e. The molecule has 0 atom stereocenters. The molecule has 0 aliphatic carbocycles. The molecular formula is C20H12N4O2. The van der Waals surface area contributed by atoms with E-state index in [-0.39, 0.29) is 11.5 Å². The van der Waals surface area contributed by atoms with Gasteiger partial charge in [0.05, 0.1) is 22.8 Å². The minimum atomic E-state index is -0.172. The van der Waals surface area contributed by atoms with Gasteiger partial charge < -0.3 is 10.1 Å². The second-order valence-corrected chi connectivity index (χ2v) is 6.06. The summed E-state index contributed by atoms with van der Waals surface area (Å²) < 4.78 is 0. The fourth-order valence-electron chi connectivity index (χ4n) is 2.97. The standard InChI is InChI=1S/C20H12N4O2/c25-19-15-5-1-11(21-15)9-12-2-6-17(22-12)20(26)18-8-4-14(24-18)10-13-3-7-16(19)23-13/h1-10,21,26H. The molecule has 26 heavy (non-hydrogen) atoms.